The molecule has 0 aliphatic carbocycles. The predicted molar refractivity (Wildman–Crippen MR) is 87.0 cm³/mol. The van der Waals surface area contributed by atoms with Crippen LogP contribution in [0.4, 0.5) is 0 Å². The molecule has 0 spiro atoms. The summed E-state index contributed by atoms with van der Waals surface area (Å²) in [6, 6.07) is 2.84. The van der Waals surface area contributed by atoms with E-state index in [-0.39, 0.29) is 11.5 Å². The number of nitrogens with zero attached hydrogens (tertiary/aromatic N) is 2. The van der Waals surface area contributed by atoms with Crippen LogP contribution < -0.4 is 10.9 Å². The van der Waals surface area contributed by atoms with Gasteiger partial charge in [0.25, 0.3) is 5.91 Å². The van der Waals surface area contributed by atoms with Gasteiger partial charge in [-0.1, -0.05) is 13.8 Å². The molecule has 0 aliphatic heterocycles. The average molecular weight is 320 g/mol. The minimum Gasteiger partial charge on any atom is -0.345 e. The van der Waals surface area contributed by atoms with Crippen molar-refractivity contribution in [2.45, 2.75) is 26.9 Å². The van der Waals surface area contributed by atoms with Gasteiger partial charge in [-0.25, -0.2) is 4.98 Å². The largest absolute Gasteiger partial charge is 0.345 e. The Labute approximate surface area is 133 Å². The van der Waals surface area contributed by atoms with Crippen molar-refractivity contribution in [2.75, 3.05) is 13.1 Å². The summed E-state index contributed by atoms with van der Waals surface area (Å²) in [6.45, 7) is 7.46. The van der Waals surface area contributed by atoms with Gasteiger partial charge >= 0.3 is 0 Å². The normalized spacial score (nSPS) is 10.9. The fraction of sp³-hybridized carbons (Fsp3) is 0.400. The highest BCUT2D eigenvalue weighted by atomic mass is 32.1. The first kappa shape index (κ1) is 16.4. The molecule has 0 bridgehead atoms. The standard InChI is InChI=1S/C15H20N4O2S/c1-3-19(4-2)9-12-10-22-14(18-12)8-17-15(21)11-5-6-13(20)16-7-11/h5-7,10H,3-4,8-9H2,1-2H3,(H,16,20)(H,17,21). The maximum Gasteiger partial charge on any atom is 0.253 e. The van der Waals surface area contributed by atoms with Gasteiger partial charge in [0, 0.05) is 24.2 Å². The topological polar surface area (TPSA) is 78.1 Å². The molecule has 0 unspecified atom stereocenters. The number of nitrogens with one attached hydrogen (secondary N) is 2. The Kier molecular flexibility index (Phi) is 5.85. The number of aromatic amines is 1. The molecule has 0 saturated heterocycles. The van der Waals surface area contributed by atoms with E-state index in [1.165, 1.54) is 18.3 Å². The first-order valence-electron chi connectivity index (χ1n) is 7.25. The van der Waals surface area contributed by atoms with E-state index < -0.39 is 0 Å². The fourth-order valence-electron chi connectivity index (χ4n) is 1.99. The van der Waals surface area contributed by atoms with Crippen molar-refractivity contribution in [3.8, 4) is 0 Å². The monoisotopic (exact) mass is 320 g/mol. The van der Waals surface area contributed by atoms with Crippen molar-refractivity contribution in [3.05, 3.63) is 50.3 Å². The van der Waals surface area contributed by atoms with E-state index in [1.807, 2.05) is 5.38 Å². The summed E-state index contributed by atoms with van der Waals surface area (Å²) >= 11 is 1.54. The van der Waals surface area contributed by atoms with Crippen LogP contribution in [0.25, 0.3) is 0 Å². The zero-order valence-electron chi connectivity index (χ0n) is 12.8. The molecule has 0 fully saturated rings. The van der Waals surface area contributed by atoms with E-state index >= 15 is 0 Å². The first-order valence-corrected chi connectivity index (χ1v) is 8.13. The second kappa shape index (κ2) is 7.86. The zero-order valence-corrected chi connectivity index (χ0v) is 13.6. The van der Waals surface area contributed by atoms with Gasteiger partial charge in [-0.3, -0.25) is 14.5 Å². The Bertz CT molecular complexity index is 656. The summed E-state index contributed by atoms with van der Waals surface area (Å²) in [7, 11) is 0. The second-order valence-electron chi connectivity index (χ2n) is 4.82. The SMILES string of the molecule is CCN(CC)Cc1csc(CNC(=O)c2ccc(=O)[nH]c2)n1. The highest BCUT2D eigenvalue weighted by molar-refractivity contribution is 7.09. The minimum atomic E-state index is -0.225. The van der Waals surface area contributed by atoms with Crippen LogP contribution in [0.3, 0.4) is 0 Å². The lowest BCUT2D eigenvalue weighted by atomic mass is 10.3. The van der Waals surface area contributed by atoms with Crippen LogP contribution in [0.1, 0.15) is 34.9 Å². The van der Waals surface area contributed by atoms with Crippen molar-refractivity contribution < 1.29 is 4.79 Å². The number of carbonyl (C=O) groups excluding carboxylic acids is 1. The average Bonchev–Trinajstić information content (AvgIpc) is 2.98. The van der Waals surface area contributed by atoms with E-state index in [0.717, 1.165) is 30.3 Å². The third-order valence-electron chi connectivity index (χ3n) is 3.33. The molecule has 1 amide bonds. The maximum atomic E-state index is 11.9. The first-order chi connectivity index (χ1) is 10.6. The van der Waals surface area contributed by atoms with Gasteiger partial charge in [0.05, 0.1) is 17.8 Å². The molecule has 2 N–H and O–H groups in total. The lowest BCUT2D eigenvalue weighted by Crippen LogP contribution is -2.24. The van der Waals surface area contributed by atoms with Gasteiger partial charge in [0.1, 0.15) is 5.01 Å². The smallest absolute Gasteiger partial charge is 0.253 e. The molecule has 118 valence electrons. The number of hydrogen-bond donors (Lipinski definition) is 2. The van der Waals surface area contributed by atoms with Crippen molar-refractivity contribution in [1.82, 2.24) is 20.2 Å². The fourth-order valence-corrected chi connectivity index (χ4v) is 2.71. The third kappa shape index (κ3) is 4.51. The molecule has 0 radical (unpaired) electrons. The molecule has 0 aliphatic rings. The Hall–Kier alpha value is -1.99. The minimum absolute atomic E-state index is 0.225. The molecule has 6 nitrogen and oxygen atoms in total. The highest BCUT2D eigenvalue weighted by Crippen LogP contribution is 2.12. The summed E-state index contributed by atoms with van der Waals surface area (Å²) in [4.78, 5) is 32.2. The molecule has 0 aromatic carbocycles. The van der Waals surface area contributed by atoms with Gasteiger partial charge in [0.2, 0.25) is 5.56 Å². The molecule has 0 saturated carbocycles. The van der Waals surface area contributed by atoms with Gasteiger partial charge < -0.3 is 10.3 Å². The van der Waals surface area contributed by atoms with Gasteiger partial charge in [0.15, 0.2) is 0 Å². The van der Waals surface area contributed by atoms with Crippen molar-refractivity contribution >= 4 is 17.2 Å². The number of hydrogen-bond acceptors (Lipinski definition) is 5. The van der Waals surface area contributed by atoms with Gasteiger partial charge in [-0.15, -0.1) is 11.3 Å². The Morgan fingerprint density at radius 2 is 2.14 bits per heavy atom. The van der Waals surface area contributed by atoms with Crippen LogP contribution in [0.2, 0.25) is 0 Å². The summed E-state index contributed by atoms with van der Waals surface area (Å²) in [5.41, 5.74) is 1.24. The number of aromatic nitrogens is 2. The number of amides is 1. The van der Waals surface area contributed by atoms with Gasteiger partial charge in [-0.2, -0.15) is 0 Å². The Morgan fingerprint density at radius 3 is 2.77 bits per heavy atom. The van der Waals surface area contributed by atoms with Crippen molar-refractivity contribution in [3.63, 3.8) is 0 Å². The van der Waals surface area contributed by atoms with Gasteiger partial charge in [-0.05, 0) is 19.2 Å². The molecule has 7 heteroatoms. The van der Waals surface area contributed by atoms with E-state index in [0.29, 0.717) is 12.1 Å². The highest BCUT2D eigenvalue weighted by Gasteiger charge is 2.09. The molecule has 2 aromatic rings. The van der Waals surface area contributed by atoms with Crippen LogP contribution in [-0.2, 0) is 13.1 Å². The quantitative estimate of drug-likeness (QED) is 0.812. The summed E-state index contributed by atoms with van der Waals surface area (Å²) in [6.07, 6.45) is 1.41. The van der Waals surface area contributed by atoms with Crippen molar-refractivity contribution in [2.24, 2.45) is 0 Å². The Balaban J connectivity index is 1.89. The molecule has 0 atom stereocenters. The number of pyridine rings is 1. The van der Waals surface area contributed by atoms with E-state index in [9.17, 15) is 9.59 Å². The maximum absolute atomic E-state index is 11.9. The molecule has 2 rings (SSSR count). The summed E-state index contributed by atoms with van der Waals surface area (Å²) in [5, 5.41) is 5.71. The number of rotatable bonds is 7. The second-order valence-corrected chi connectivity index (χ2v) is 5.76. The Morgan fingerprint density at radius 1 is 1.36 bits per heavy atom. The summed E-state index contributed by atoms with van der Waals surface area (Å²) < 4.78 is 0. The molecular weight excluding hydrogens is 300 g/mol. The number of thiazole rings is 1. The summed E-state index contributed by atoms with van der Waals surface area (Å²) in [5.74, 6) is -0.225. The molecular formula is C15H20N4O2S. The van der Waals surface area contributed by atoms with Crippen LogP contribution in [0, 0.1) is 0 Å². The number of carbonyl (C=O) groups is 1. The van der Waals surface area contributed by atoms with Crippen molar-refractivity contribution in [1.29, 1.82) is 0 Å². The van der Waals surface area contributed by atoms with Crippen LogP contribution >= 0.6 is 11.3 Å². The lowest BCUT2D eigenvalue weighted by molar-refractivity contribution is 0.0950. The van der Waals surface area contributed by atoms with Crippen LogP contribution in [0.5, 0.6) is 0 Å². The number of H-pyrrole nitrogens is 1. The third-order valence-corrected chi connectivity index (χ3v) is 4.22. The van der Waals surface area contributed by atoms with Crippen LogP contribution in [-0.4, -0.2) is 33.9 Å². The zero-order chi connectivity index (χ0) is 15.9. The van der Waals surface area contributed by atoms with E-state index in [4.69, 9.17) is 0 Å². The lowest BCUT2D eigenvalue weighted by Gasteiger charge is -2.15. The van der Waals surface area contributed by atoms with E-state index in [1.54, 1.807) is 11.3 Å². The van der Waals surface area contributed by atoms with E-state index in [2.05, 4.69) is 34.0 Å². The molecule has 2 heterocycles. The van der Waals surface area contributed by atoms with Crippen LogP contribution in [0.15, 0.2) is 28.5 Å². The predicted octanol–water partition coefficient (Wildman–Crippen LogP) is 1.60. The molecule has 2 aromatic heterocycles. The molecule has 22 heavy (non-hydrogen) atoms.